The van der Waals surface area contributed by atoms with E-state index < -0.39 is 10.2 Å². The molecule has 18 heavy (non-hydrogen) atoms. The molecular weight excluding hydrogens is 254 g/mol. The first kappa shape index (κ1) is 14.2. The summed E-state index contributed by atoms with van der Waals surface area (Å²) in [5.41, 5.74) is 0. The zero-order valence-electron chi connectivity index (χ0n) is 11.1. The van der Waals surface area contributed by atoms with E-state index in [9.17, 15) is 8.42 Å². The number of rotatable bonds is 3. The maximum Gasteiger partial charge on any atom is 0.279 e. The first-order valence-corrected chi connectivity index (χ1v) is 8.04. The van der Waals surface area contributed by atoms with E-state index in [-0.39, 0.29) is 12.1 Å². The summed E-state index contributed by atoms with van der Waals surface area (Å²) in [6.45, 7) is 6.01. The molecule has 2 aliphatic rings. The molecule has 0 spiro atoms. The summed E-state index contributed by atoms with van der Waals surface area (Å²) < 4.78 is 33.9. The molecule has 2 fully saturated rings. The van der Waals surface area contributed by atoms with E-state index in [1.54, 1.807) is 0 Å². The molecule has 3 atom stereocenters. The Hall–Kier alpha value is -0.210. The van der Waals surface area contributed by atoms with E-state index in [4.69, 9.17) is 4.74 Å². The van der Waals surface area contributed by atoms with Gasteiger partial charge < -0.3 is 10.1 Å². The zero-order chi connectivity index (χ0) is 13.2. The SMILES string of the molecule is CC1CCC(NS(=O)(=O)N2CCOCC2)C(C)N1. The molecule has 0 radical (unpaired) electrons. The molecule has 7 heteroatoms. The van der Waals surface area contributed by atoms with Crippen LogP contribution in [0.3, 0.4) is 0 Å². The lowest BCUT2D eigenvalue weighted by Crippen LogP contribution is -2.58. The highest BCUT2D eigenvalue weighted by molar-refractivity contribution is 7.87. The van der Waals surface area contributed by atoms with Crippen molar-refractivity contribution in [2.45, 2.75) is 44.8 Å². The normalized spacial score (nSPS) is 35.6. The van der Waals surface area contributed by atoms with Gasteiger partial charge in [-0.1, -0.05) is 0 Å². The lowest BCUT2D eigenvalue weighted by molar-refractivity contribution is 0.0721. The molecule has 0 saturated carbocycles. The molecule has 0 aromatic rings. The van der Waals surface area contributed by atoms with Crippen molar-refractivity contribution in [3.8, 4) is 0 Å². The second kappa shape index (κ2) is 5.83. The minimum absolute atomic E-state index is 0.0194. The topological polar surface area (TPSA) is 70.7 Å². The van der Waals surface area contributed by atoms with Crippen LogP contribution in [-0.4, -0.2) is 57.2 Å². The summed E-state index contributed by atoms with van der Waals surface area (Å²) in [5.74, 6) is 0. The van der Waals surface area contributed by atoms with Gasteiger partial charge in [-0.05, 0) is 26.7 Å². The molecule has 6 nitrogen and oxygen atoms in total. The largest absolute Gasteiger partial charge is 0.379 e. The van der Waals surface area contributed by atoms with Crippen LogP contribution in [0.5, 0.6) is 0 Å². The highest BCUT2D eigenvalue weighted by atomic mass is 32.2. The van der Waals surface area contributed by atoms with Gasteiger partial charge in [0.15, 0.2) is 0 Å². The zero-order valence-corrected chi connectivity index (χ0v) is 11.9. The average Bonchev–Trinajstić information content (AvgIpc) is 2.34. The molecule has 2 saturated heterocycles. The minimum Gasteiger partial charge on any atom is -0.379 e. The summed E-state index contributed by atoms with van der Waals surface area (Å²) in [6.07, 6.45) is 1.89. The Morgan fingerprint density at radius 2 is 1.89 bits per heavy atom. The van der Waals surface area contributed by atoms with Crippen LogP contribution in [0.1, 0.15) is 26.7 Å². The fourth-order valence-corrected chi connectivity index (χ4v) is 4.03. The number of ether oxygens (including phenoxy) is 1. The Bertz CT molecular complexity index is 368. The quantitative estimate of drug-likeness (QED) is 0.742. The molecule has 0 aromatic carbocycles. The van der Waals surface area contributed by atoms with Crippen molar-refractivity contribution >= 4 is 10.2 Å². The first-order chi connectivity index (χ1) is 8.49. The van der Waals surface area contributed by atoms with Gasteiger partial charge in [0.05, 0.1) is 13.2 Å². The second-order valence-electron chi connectivity index (χ2n) is 5.17. The lowest BCUT2D eigenvalue weighted by Gasteiger charge is -2.36. The van der Waals surface area contributed by atoms with Crippen LogP contribution in [0.15, 0.2) is 0 Å². The predicted octanol–water partition coefficient (Wildman–Crippen LogP) is -0.318. The van der Waals surface area contributed by atoms with E-state index in [2.05, 4.69) is 17.0 Å². The van der Waals surface area contributed by atoms with Crippen molar-refractivity contribution in [1.82, 2.24) is 14.3 Å². The number of piperidine rings is 1. The Morgan fingerprint density at radius 3 is 2.50 bits per heavy atom. The molecule has 0 aliphatic carbocycles. The molecule has 106 valence electrons. The maximum atomic E-state index is 12.2. The van der Waals surface area contributed by atoms with E-state index >= 15 is 0 Å². The Morgan fingerprint density at radius 1 is 1.22 bits per heavy atom. The molecule has 2 rings (SSSR count). The number of nitrogens with one attached hydrogen (secondary N) is 2. The van der Waals surface area contributed by atoms with Gasteiger partial charge in [0.2, 0.25) is 0 Å². The summed E-state index contributed by atoms with van der Waals surface area (Å²) in [7, 11) is -3.37. The molecule has 2 aliphatic heterocycles. The lowest BCUT2D eigenvalue weighted by atomic mass is 9.96. The predicted molar refractivity (Wildman–Crippen MR) is 69.5 cm³/mol. The van der Waals surface area contributed by atoms with Crippen LogP contribution in [0, 0.1) is 0 Å². The third-order valence-corrected chi connectivity index (χ3v) is 5.32. The van der Waals surface area contributed by atoms with E-state index in [1.165, 1.54) is 4.31 Å². The summed E-state index contributed by atoms with van der Waals surface area (Å²) in [4.78, 5) is 0. The first-order valence-electron chi connectivity index (χ1n) is 6.60. The van der Waals surface area contributed by atoms with Crippen LogP contribution in [0.4, 0.5) is 0 Å². The molecule has 3 unspecified atom stereocenters. The van der Waals surface area contributed by atoms with Gasteiger partial charge in [-0.3, -0.25) is 0 Å². The van der Waals surface area contributed by atoms with Crippen LogP contribution >= 0.6 is 0 Å². The van der Waals surface area contributed by atoms with Crippen molar-refractivity contribution in [3.63, 3.8) is 0 Å². The molecule has 2 heterocycles. The van der Waals surface area contributed by atoms with Crippen molar-refractivity contribution < 1.29 is 13.2 Å². The van der Waals surface area contributed by atoms with Crippen molar-refractivity contribution in [2.24, 2.45) is 0 Å². The highest BCUT2D eigenvalue weighted by Crippen LogP contribution is 2.15. The average molecular weight is 277 g/mol. The molecule has 0 bridgehead atoms. The van der Waals surface area contributed by atoms with Crippen molar-refractivity contribution in [2.75, 3.05) is 26.3 Å². The number of nitrogens with zero attached hydrogens (tertiary/aromatic N) is 1. The van der Waals surface area contributed by atoms with Gasteiger partial charge in [0, 0.05) is 31.2 Å². The van der Waals surface area contributed by atoms with Crippen LogP contribution in [0.25, 0.3) is 0 Å². The van der Waals surface area contributed by atoms with Gasteiger partial charge >= 0.3 is 0 Å². The van der Waals surface area contributed by atoms with E-state index in [0.29, 0.717) is 32.3 Å². The Kier molecular flexibility index (Phi) is 4.60. The third kappa shape index (κ3) is 3.42. The number of hydrogen-bond donors (Lipinski definition) is 2. The minimum atomic E-state index is -3.37. The Balaban J connectivity index is 1.94. The summed E-state index contributed by atoms with van der Waals surface area (Å²) in [6, 6.07) is 0.614. The molecular formula is C11H23N3O3S. The summed E-state index contributed by atoms with van der Waals surface area (Å²) in [5, 5.41) is 3.38. The van der Waals surface area contributed by atoms with Crippen LogP contribution in [0.2, 0.25) is 0 Å². The van der Waals surface area contributed by atoms with Crippen LogP contribution in [-0.2, 0) is 14.9 Å². The van der Waals surface area contributed by atoms with Crippen molar-refractivity contribution in [1.29, 1.82) is 0 Å². The smallest absolute Gasteiger partial charge is 0.279 e. The van der Waals surface area contributed by atoms with Crippen LogP contribution < -0.4 is 10.0 Å². The van der Waals surface area contributed by atoms with E-state index in [1.807, 2.05) is 6.92 Å². The fourth-order valence-electron chi connectivity index (χ4n) is 2.54. The Labute approximate surface area is 109 Å². The van der Waals surface area contributed by atoms with E-state index in [0.717, 1.165) is 12.8 Å². The van der Waals surface area contributed by atoms with Gasteiger partial charge in [-0.15, -0.1) is 0 Å². The van der Waals surface area contributed by atoms with Gasteiger partial charge in [-0.2, -0.15) is 17.4 Å². The third-order valence-electron chi connectivity index (χ3n) is 3.67. The standard InChI is InChI=1S/C11H23N3O3S/c1-9-3-4-11(10(2)12-9)13-18(15,16)14-5-7-17-8-6-14/h9-13H,3-8H2,1-2H3. The van der Waals surface area contributed by atoms with Crippen molar-refractivity contribution in [3.05, 3.63) is 0 Å². The molecule has 2 N–H and O–H groups in total. The number of morpholine rings is 1. The highest BCUT2D eigenvalue weighted by Gasteiger charge is 2.31. The second-order valence-corrected chi connectivity index (χ2v) is 6.88. The number of hydrogen-bond acceptors (Lipinski definition) is 4. The maximum absolute atomic E-state index is 12.2. The molecule has 0 aromatic heterocycles. The monoisotopic (exact) mass is 277 g/mol. The van der Waals surface area contributed by atoms with Gasteiger partial charge in [-0.25, -0.2) is 0 Å². The van der Waals surface area contributed by atoms with Gasteiger partial charge in [0.25, 0.3) is 10.2 Å². The fraction of sp³-hybridized carbons (Fsp3) is 1.00. The van der Waals surface area contributed by atoms with Gasteiger partial charge in [0.1, 0.15) is 0 Å². The summed E-state index contributed by atoms with van der Waals surface area (Å²) >= 11 is 0. The molecule has 0 amide bonds.